The predicted molar refractivity (Wildman–Crippen MR) is 83.9 cm³/mol. The highest BCUT2D eigenvalue weighted by molar-refractivity contribution is 5.92. The molecular formula is C16H24N4O3. The molecule has 1 aromatic rings. The monoisotopic (exact) mass is 320 g/mol. The lowest BCUT2D eigenvalue weighted by atomic mass is 10.0. The van der Waals surface area contributed by atoms with Gasteiger partial charge in [-0.1, -0.05) is 0 Å². The number of hydrogen-bond acceptors (Lipinski definition) is 4. The Hall–Kier alpha value is -1.89. The Labute approximate surface area is 136 Å². The second-order valence-corrected chi connectivity index (χ2v) is 6.16. The fraction of sp³-hybridized carbons (Fsp3) is 0.688. The molecule has 0 aliphatic carbocycles. The molecule has 1 atom stereocenters. The van der Waals surface area contributed by atoms with Crippen molar-refractivity contribution in [1.82, 2.24) is 19.6 Å². The van der Waals surface area contributed by atoms with E-state index in [4.69, 9.17) is 4.74 Å². The van der Waals surface area contributed by atoms with Crippen molar-refractivity contribution < 1.29 is 14.3 Å². The number of morpholine rings is 1. The molecule has 126 valence electrons. The molecule has 1 aromatic heterocycles. The number of nitrogens with zero attached hydrogens (tertiary/aromatic N) is 4. The lowest BCUT2D eigenvalue weighted by Gasteiger charge is -2.27. The molecule has 0 N–H and O–H groups in total. The smallest absolute Gasteiger partial charge is 0.274 e. The second-order valence-electron chi connectivity index (χ2n) is 6.16. The average molecular weight is 320 g/mol. The van der Waals surface area contributed by atoms with Gasteiger partial charge in [-0.25, -0.2) is 0 Å². The predicted octanol–water partition coefficient (Wildman–Crippen LogP) is 0.614. The van der Waals surface area contributed by atoms with Crippen LogP contribution in [0, 0.1) is 5.92 Å². The number of amides is 2. The maximum atomic E-state index is 12.4. The van der Waals surface area contributed by atoms with Gasteiger partial charge in [0.2, 0.25) is 5.91 Å². The molecule has 2 amide bonds. The molecule has 3 rings (SSSR count). The highest BCUT2D eigenvalue weighted by atomic mass is 16.5. The van der Waals surface area contributed by atoms with Crippen molar-refractivity contribution in [1.29, 1.82) is 0 Å². The molecular weight excluding hydrogens is 296 g/mol. The largest absolute Gasteiger partial charge is 0.378 e. The summed E-state index contributed by atoms with van der Waals surface area (Å²) in [6.45, 7) is 6.72. The maximum absolute atomic E-state index is 12.4. The normalized spacial score (nSPS) is 21.7. The van der Waals surface area contributed by atoms with Crippen LogP contribution in [0.1, 0.15) is 30.3 Å². The van der Waals surface area contributed by atoms with Gasteiger partial charge in [0, 0.05) is 45.3 Å². The number of aromatic nitrogens is 2. The molecule has 7 heteroatoms. The lowest BCUT2D eigenvalue weighted by Crippen LogP contribution is -2.41. The van der Waals surface area contributed by atoms with Gasteiger partial charge in [-0.15, -0.1) is 0 Å². The van der Waals surface area contributed by atoms with E-state index < -0.39 is 0 Å². The number of carbonyl (C=O) groups excluding carboxylic acids is 2. The van der Waals surface area contributed by atoms with E-state index in [0.717, 1.165) is 13.0 Å². The molecule has 23 heavy (non-hydrogen) atoms. The van der Waals surface area contributed by atoms with Gasteiger partial charge in [0.15, 0.2) is 0 Å². The summed E-state index contributed by atoms with van der Waals surface area (Å²) in [7, 11) is 0. The van der Waals surface area contributed by atoms with Crippen molar-refractivity contribution in [3.63, 3.8) is 0 Å². The number of ether oxygens (including phenoxy) is 1. The number of rotatable bonds is 4. The Kier molecular flexibility index (Phi) is 4.95. The summed E-state index contributed by atoms with van der Waals surface area (Å²) >= 11 is 0. The summed E-state index contributed by atoms with van der Waals surface area (Å²) in [5.41, 5.74) is 0.493. The SMILES string of the molecule is CCn1ccc(C(=O)N2CCC(CC(=O)N3CCOCC3)C2)n1. The molecule has 0 spiro atoms. The minimum Gasteiger partial charge on any atom is -0.378 e. The van der Waals surface area contributed by atoms with Crippen molar-refractivity contribution in [3.05, 3.63) is 18.0 Å². The Morgan fingerprint density at radius 1 is 1.26 bits per heavy atom. The van der Waals surface area contributed by atoms with Crippen LogP contribution < -0.4 is 0 Å². The topological polar surface area (TPSA) is 67.7 Å². The van der Waals surface area contributed by atoms with E-state index in [1.165, 1.54) is 0 Å². The molecule has 7 nitrogen and oxygen atoms in total. The van der Waals surface area contributed by atoms with Gasteiger partial charge in [0.1, 0.15) is 5.69 Å². The average Bonchev–Trinajstić information content (AvgIpc) is 3.24. The first-order chi connectivity index (χ1) is 11.2. The van der Waals surface area contributed by atoms with E-state index in [9.17, 15) is 9.59 Å². The van der Waals surface area contributed by atoms with Gasteiger partial charge in [0.05, 0.1) is 13.2 Å². The van der Waals surface area contributed by atoms with Crippen LogP contribution in [0.4, 0.5) is 0 Å². The summed E-state index contributed by atoms with van der Waals surface area (Å²) in [5.74, 6) is 0.406. The highest BCUT2D eigenvalue weighted by Crippen LogP contribution is 2.22. The Morgan fingerprint density at radius 2 is 2.04 bits per heavy atom. The molecule has 2 aliphatic rings. The quantitative estimate of drug-likeness (QED) is 0.815. The Morgan fingerprint density at radius 3 is 2.74 bits per heavy atom. The van der Waals surface area contributed by atoms with Crippen molar-refractivity contribution in [2.75, 3.05) is 39.4 Å². The molecule has 0 saturated carbocycles. The summed E-state index contributed by atoms with van der Waals surface area (Å²) in [4.78, 5) is 28.4. The fourth-order valence-electron chi connectivity index (χ4n) is 3.19. The first kappa shape index (κ1) is 16.0. The van der Waals surface area contributed by atoms with Crippen LogP contribution >= 0.6 is 0 Å². The molecule has 3 heterocycles. The maximum Gasteiger partial charge on any atom is 0.274 e. The summed E-state index contributed by atoms with van der Waals surface area (Å²) in [6.07, 6.45) is 3.23. The lowest BCUT2D eigenvalue weighted by molar-refractivity contribution is -0.136. The van der Waals surface area contributed by atoms with Crippen LogP contribution in [0.5, 0.6) is 0 Å². The molecule has 2 saturated heterocycles. The number of carbonyl (C=O) groups is 2. The molecule has 2 aliphatic heterocycles. The van der Waals surface area contributed by atoms with Gasteiger partial charge in [-0.3, -0.25) is 14.3 Å². The zero-order chi connectivity index (χ0) is 16.2. The number of likely N-dealkylation sites (tertiary alicyclic amines) is 1. The third kappa shape index (κ3) is 3.72. The van der Waals surface area contributed by atoms with Crippen molar-refractivity contribution in [2.45, 2.75) is 26.3 Å². The second kappa shape index (κ2) is 7.12. The third-order valence-corrected chi connectivity index (χ3v) is 4.58. The van der Waals surface area contributed by atoms with Crippen molar-refractivity contribution in [2.24, 2.45) is 5.92 Å². The van der Waals surface area contributed by atoms with E-state index in [1.54, 1.807) is 10.7 Å². The molecule has 0 bridgehead atoms. The van der Waals surface area contributed by atoms with E-state index >= 15 is 0 Å². The van der Waals surface area contributed by atoms with Gasteiger partial charge in [-0.05, 0) is 25.3 Å². The summed E-state index contributed by atoms with van der Waals surface area (Å²) < 4.78 is 7.03. The first-order valence-electron chi connectivity index (χ1n) is 8.35. The zero-order valence-corrected chi connectivity index (χ0v) is 13.6. The fourth-order valence-corrected chi connectivity index (χ4v) is 3.19. The van der Waals surface area contributed by atoms with Gasteiger partial charge in [0.25, 0.3) is 5.91 Å². The van der Waals surface area contributed by atoms with Crippen LogP contribution in [0.2, 0.25) is 0 Å². The van der Waals surface area contributed by atoms with Crippen molar-refractivity contribution >= 4 is 11.8 Å². The molecule has 1 unspecified atom stereocenters. The minimum absolute atomic E-state index is 0.0291. The zero-order valence-electron chi connectivity index (χ0n) is 13.6. The molecule has 2 fully saturated rings. The van der Waals surface area contributed by atoms with Crippen LogP contribution in [-0.4, -0.2) is 70.8 Å². The van der Waals surface area contributed by atoms with Gasteiger partial charge in [-0.2, -0.15) is 5.10 Å². The van der Waals surface area contributed by atoms with Gasteiger partial charge < -0.3 is 14.5 Å². The van der Waals surface area contributed by atoms with E-state index in [-0.39, 0.29) is 17.7 Å². The first-order valence-corrected chi connectivity index (χ1v) is 8.35. The van der Waals surface area contributed by atoms with Gasteiger partial charge >= 0.3 is 0 Å². The third-order valence-electron chi connectivity index (χ3n) is 4.58. The molecule has 0 aromatic carbocycles. The minimum atomic E-state index is -0.0291. The van der Waals surface area contributed by atoms with E-state index in [0.29, 0.717) is 51.5 Å². The van der Waals surface area contributed by atoms with E-state index in [2.05, 4.69) is 5.10 Å². The van der Waals surface area contributed by atoms with Crippen LogP contribution in [0.25, 0.3) is 0 Å². The standard InChI is InChI=1S/C16H24N4O3/c1-2-20-6-4-14(17-20)16(22)19-5-3-13(12-19)11-15(21)18-7-9-23-10-8-18/h4,6,13H,2-3,5,7-12H2,1H3. The Balaban J connectivity index is 1.51. The number of hydrogen-bond donors (Lipinski definition) is 0. The van der Waals surface area contributed by atoms with Crippen LogP contribution in [-0.2, 0) is 16.1 Å². The van der Waals surface area contributed by atoms with Crippen molar-refractivity contribution in [3.8, 4) is 0 Å². The summed E-state index contributed by atoms with van der Waals surface area (Å²) in [5, 5.41) is 4.27. The molecule has 0 radical (unpaired) electrons. The Bertz CT molecular complexity index is 565. The summed E-state index contributed by atoms with van der Waals surface area (Å²) in [6, 6.07) is 1.76. The van der Waals surface area contributed by atoms with Crippen LogP contribution in [0.15, 0.2) is 12.3 Å². The highest BCUT2D eigenvalue weighted by Gasteiger charge is 2.30. The number of aryl methyl sites for hydroxylation is 1. The van der Waals surface area contributed by atoms with E-state index in [1.807, 2.05) is 22.9 Å². The van der Waals surface area contributed by atoms with Crippen LogP contribution in [0.3, 0.4) is 0 Å².